The minimum atomic E-state index is 0.711. The predicted octanol–water partition coefficient (Wildman–Crippen LogP) is 3.97. The highest BCUT2D eigenvalue weighted by molar-refractivity contribution is 14.1. The number of hydrogen-bond donors (Lipinski definition) is 0. The van der Waals surface area contributed by atoms with Crippen LogP contribution in [0.15, 0.2) is 18.2 Å². The standard InChI is InChI=1S/C9H4ClIOS/c10-5-1-2-6-7(4-12)9(11)13-8(6)3-5/h1-4H. The van der Waals surface area contributed by atoms with Crippen LogP contribution in [0.5, 0.6) is 0 Å². The molecule has 1 aromatic heterocycles. The first-order valence-corrected chi connectivity index (χ1v) is 5.82. The molecule has 0 unspecified atom stereocenters. The van der Waals surface area contributed by atoms with Gasteiger partial charge in [-0.1, -0.05) is 17.7 Å². The van der Waals surface area contributed by atoms with Crippen molar-refractivity contribution < 1.29 is 4.79 Å². The summed E-state index contributed by atoms with van der Waals surface area (Å²) in [5.74, 6) is 0. The van der Waals surface area contributed by atoms with E-state index in [1.54, 1.807) is 17.4 Å². The van der Waals surface area contributed by atoms with Gasteiger partial charge in [0.1, 0.15) is 0 Å². The topological polar surface area (TPSA) is 17.1 Å². The van der Waals surface area contributed by atoms with Crippen molar-refractivity contribution in [2.24, 2.45) is 0 Å². The Balaban J connectivity index is 2.86. The van der Waals surface area contributed by atoms with E-state index in [2.05, 4.69) is 22.6 Å². The van der Waals surface area contributed by atoms with Crippen molar-refractivity contribution in [1.29, 1.82) is 0 Å². The van der Waals surface area contributed by atoms with Gasteiger partial charge in [0.25, 0.3) is 0 Å². The number of fused-ring (bicyclic) bond motifs is 1. The highest BCUT2D eigenvalue weighted by Gasteiger charge is 2.08. The monoisotopic (exact) mass is 322 g/mol. The van der Waals surface area contributed by atoms with Crippen molar-refractivity contribution in [2.45, 2.75) is 0 Å². The van der Waals surface area contributed by atoms with Crippen molar-refractivity contribution >= 4 is 61.9 Å². The van der Waals surface area contributed by atoms with Crippen LogP contribution in [-0.4, -0.2) is 6.29 Å². The highest BCUT2D eigenvalue weighted by atomic mass is 127. The molecule has 4 heteroatoms. The molecule has 0 aliphatic rings. The lowest BCUT2D eigenvalue weighted by Crippen LogP contribution is -1.77. The summed E-state index contributed by atoms with van der Waals surface area (Å²) in [5, 5.41) is 1.70. The maximum Gasteiger partial charge on any atom is 0.152 e. The zero-order chi connectivity index (χ0) is 9.42. The summed E-state index contributed by atoms with van der Waals surface area (Å²) in [4.78, 5) is 10.8. The maximum absolute atomic E-state index is 10.8. The second kappa shape index (κ2) is 3.55. The fourth-order valence-corrected chi connectivity index (χ4v) is 3.47. The van der Waals surface area contributed by atoms with E-state index < -0.39 is 0 Å². The number of rotatable bonds is 1. The Kier molecular flexibility index (Phi) is 2.58. The molecule has 2 aromatic rings. The Morgan fingerprint density at radius 1 is 1.46 bits per heavy atom. The summed E-state index contributed by atoms with van der Waals surface area (Å²) < 4.78 is 2.09. The molecule has 0 bridgehead atoms. The van der Waals surface area contributed by atoms with Gasteiger partial charge < -0.3 is 0 Å². The van der Waals surface area contributed by atoms with Gasteiger partial charge in [-0.2, -0.15) is 0 Å². The first-order chi connectivity index (χ1) is 6.22. The third-order valence-electron chi connectivity index (χ3n) is 1.76. The minimum Gasteiger partial charge on any atom is -0.298 e. The van der Waals surface area contributed by atoms with E-state index in [9.17, 15) is 4.79 Å². The molecule has 1 aromatic carbocycles. The molecule has 0 saturated heterocycles. The maximum atomic E-state index is 10.8. The van der Waals surface area contributed by atoms with E-state index in [0.29, 0.717) is 5.02 Å². The third kappa shape index (κ3) is 1.60. The molecule has 1 nitrogen and oxygen atoms in total. The third-order valence-corrected chi connectivity index (χ3v) is 4.20. The zero-order valence-corrected chi connectivity index (χ0v) is 10.1. The van der Waals surface area contributed by atoms with Gasteiger partial charge in [0, 0.05) is 20.7 Å². The molecular formula is C9H4ClIOS. The first-order valence-electron chi connectivity index (χ1n) is 3.55. The lowest BCUT2D eigenvalue weighted by molar-refractivity contribution is 0.112. The van der Waals surface area contributed by atoms with Gasteiger partial charge in [-0.15, -0.1) is 11.3 Å². The van der Waals surface area contributed by atoms with Gasteiger partial charge in [0.15, 0.2) is 6.29 Å². The van der Waals surface area contributed by atoms with Crippen LogP contribution < -0.4 is 0 Å². The quantitative estimate of drug-likeness (QED) is 0.573. The molecule has 66 valence electrons. The van der Waals surface area contributed by atoms with Gasteiger partial charge in [0.2, 0.25) is 0 Å². The first kappa shape index (κ1) is 9.43. The summed E-state index contributed by atoms with van der Waals surface area (Å²) in [5.41, 5.74) is 0.775. The Morgan fingerprint density at radius 3 is 2.92 bits per heavy atom. The lowest BCUT2D eigenvalue weighted by atomic mass is 10.2. The van der Waals surface area contributed by atoms with Crippen LogP contribution >= 0.6 is 45.5 Å². The Labute approximate surface area is 97.8 Å². The van der Waals surface area contributed by atoms with Gasteiger partial charge >= 0.3 is 0 Å². The number of halogens is 2. The number of aldehydes is 1. The van der Waals surface area contributed by atoms with Gasteiger partial charge in [-0.25, -0.2) is 0 Å². The summed E-state index contributed by atoms with van der Waals surface area (Å²) in [6.45, 7) is 0. The van der Waals surface area contributed by atoms with Gasteiger partial charge in [-0.05, 0) is 34.7 Å². The SMILES string of the molecule is O=Cc1c(I)sc2cc(Cl)ccc12. The minimum absolute atomic E-state index is 0.711. The van der Waals surface area contributed by atoms with Gasteiger partial charge in [-0.3, -0.25) is 4.79 Å². The summed E-state index contributed by atoms with van der Waals surface area (Å²) >= 11 is 9.60. The summed E-state index contributed by atoms with van der Waals surface area (Å²) in [6.07, 6.45) is 0.897. The van der Waals surface area contributed by atoms with Crippen LogP contribution in [0.4, 0.5) is 0 Å². The van der Waals surface area contributed by atoms with Crippen LogP contribution in [0.2, 0.25) is 5.02 Å². The molecule has 0 spiro atoms. The molecule has 0 aliphatic carbocycles. The number of carbonyl (C=O) groups excluding carboxylic acids is 1. The van der Waals surface area contributed by atoms with Crippen LogP contribution in [-0.2, 0) is 0 Å². The average Bonchev–Trinajstić information content (AvgIpc) is 2.39. The molecule has 0 amide bonds. The highest BCUT2D eigenvalue weighted by Crippen LogP contribution is 2.32. The van der Waals surface area contributed by atoms with Crippen LogP contribution in [0.25, 0.3) is 10.1 Å². The summed E-state index contributed by atoms with van der Waals surface area (Å²) in [6, 6.07) is 5.58. The predicted molar refractivity (Wildman–Crippen MR) is 64.9 cm³/mol. The van der Waals surface area contributed by atoms with Crippen molar-refractivity contribution in [3.63, 3.8) is 0 Å². The fraction of sp³-hybridized carbons (Fsp3) is 0. The van der Waals surface area contributed by atoms with Crippen LogP contribution in [0.1, 0.15) is 10.4 Å². The van der Waals surface area contributed by atoms with Crippen molar-refractivity contribution in [1.82, 2.24) is 0 Å². The van der Waals surface area contributed by atoms with E-state index in [1.165, 1.54) is 0 Å². The molecule has 0 N–H and O–H groups in total. The molecule has 0 fully saturated rings. The largest absolute Gasteiger partial charge is 0.298 e. The van der Waals surface area contributed by atoms with E-state index in [1.807, 2.05) is 12.1 Å². The Morgan fingerprint density at radius 2 is 2.23 bits per heavy atom. The van der Waals surface area contributed by atoms with E-state index in [-0.39, 0.29) is 0 Å². The number of benzene rings is 1. The van der Waals surface area contributed by atoms with E-state index in [0.717, 1.165) is 24.8 Å². The summed E-state index contributed by atoms with van der Waals surface area (Å²) in [7, 11) is 0. The van der Waals surface area contributed by atoms with E-state index in [4.69, 9.17) is 11.6 Å². The van der Waals surface area contributed by atoms with Crippen molar-refractivity contribution in [3.05, 3.63) is 31.7 Å². The molecule has 0 atom stereocenters. The van der Waals surface area contributed by atoms with Crippen molar-refractivity contribution in [3.8, 4) is 0 Å². The molecule has 0 saturated carbocycles. The van der Waals surface area contributed by atoms with Crippen LogP contribution in [0.3, 0.4) is 0 Å². The van der Waals surface area contributed by atoms with E-state index >= 15 is 0 Å². The fourth-order valence-electron chi connectivity index (χ4n) is 1.17. The lowest BCUT2D eigenvalue weighted by Gasteiger charge is -1.90. The smallest absolute Gasteiger partial charge is 0.152 e. The zero-order valence-electron chi connectivity index (χ0n) is 6.38. The molecule has 13 heavy (non-hydrogen) atoms. The molecule has 0 radical (unpaired) electrons. The number of hydrogen-bond acceptors (Lipinski definition) is 2. The van der Waals surface area contributed by atoms with Crippen molar-refractivity contribution in [2.75, 3.05) is 0 Å². The second-order valence-corrected chi connectivity index (χ2v) is 5.85. The number of thiophene rings is 1. The Hall–Kier alpha value is -0.130. The van der Waals surface area contributed by atoms with Crippen LogP contribution in [0, 0.1) is 2.88 Å². The molecule has 1 heterocycles. The normalized spacial score (nSPS) is 10.6. The van der Waals surface area contributed by atoms with Gasteiger partial charge in [0.05, 0.1) is 2.88 Å². The molecule has 2 rings (SSSR count). The molecule has 0 aliphatic heterocycles. The molecular weight excluding hydrogens is 319 g/mol. The average molecular weight is 323 g/mol. The number of carbonyl (C=O) groups is 1. The Bertz CT molecular complexity index is 478. The second-order valence-electron chi connectivity index (χ2n) is 2.55.